The topological polar surface area (TPSA) is 61.6 Å². The number of nitro groups is 1. The van der Waals surface area contributed by atoms with Crippen LogP contribution in [0.4, 0.5) is 0 Å². The van der Waals surface area contributed by atoms with Crippen LogP contribution in [0.25, 0.3) is 6.08 Å². The molecule has 0 N–H and O–H groups in total. The summed E-state index contributed by atoms with van der Waals surface area (Å²) in [5.74, 6) is 0. The van der Waals surface area contributed by atoms with Crippen LogP contribution in [0.3, 0.4) is 0 Å². The first-order valence-electron chi connectivity index (χ1n) is 4.28. The van der Waals surface area contributed by atoms with Crippen molar-refractivity contribution in [1.82, 2.24) is 0 Å². The summed E-state index contributed by atoms with van der Waals surface area (Å²) in [5, 5.41) is 10.1. The third-order valence-electron chi connectivity index (χ3n) is 1.71. The summed E-state index contributed by atoms with van der Waals surface area (Å²) in [7, 11) is 1.44. The van der Waals surface area contributed by atoms with Crippen LogP contribution in [0.15, 0.2) is 30.5 Å². The molecule has 0 unspecified atom stereocenters. The van der Waals surface area contributed by atoms with Gasteiger partial charge in [0.2, 0.25) is 6.20 Å². The first-order chi connectivity index (χ1) is 7.22. The zero-order valence-electron chi connectivity index (χ0n) is 8.25. The van der Waals surface area contributed by atoms with Crippen molar-refractivity contribution < 1.29 is 14.7 Å². The average molecular weight is 209 g/mol. The second-order valence-electron chi connectivity index (χ2n) is 2.77. The molecule has 0 aliphatic carbocycles. The van der Waals surface area contributed by atoms with Crippen LogP contribution in [-0.2, 0) is 16.4 Å². The number of hydrogen-bond donors (Lipinski definition) is 0. The van der Waals surface area contributed by atoms with Crippen molar-refractivity contribution in [1.29, 1.82) is 0 Å². The monoisotopic (exact) mass is 209 g/mol. The Morgan fingerprint density at radius 3 is 2.60 bits per heavy atom. The molecule has 0 amide bonds. The van der Waals surface area contributed by atoms with E-state index in [0.717, 1.165) is 17.3 Å². The molecule has 0 saturated carbocycles. The van der Waals surface area contributed by atoms with Crippen molar-refractivity contribution in [2.75, 3.05) is 7.11 Å². The summed E-state index contributed by atoms with van der Waals surface area (Å²) in [6, 6.07) is 7.18. The van der Waals surface area contributed by atoms with Gasteiger partial charge in [-0.15, -0.1) is 0 Å². The molecule has 0 aliphatic heterocycles. The molecule has 5 nitrogen and oxygen atoms in total. The van der Waals surface area contributed by atoms with E-state index in [0.29, 0.717) is 6.61 Å². The summed E-state index contributed by atoms with van der Waals surface area (Å²) >= 11 is 0. The molecule has 1 aromatic rings. The molecule has 80 valence electrons. The number of hydrogen-bond acceptors (Lipinski definition) is 4. The highest BCUT2D eigenvalue weighted by Crippen LogP contribution is 2.07. The van der Waals surface area contributed by atoms with Crippen molar-refractivity contribution >= 4 is 6.08 Å². The highest BCUT2D eigenvalue weighted by Gasteiger charge is 1.94. The highest BCUT2D eigenvalue weighted by molar-refractivity contribution is 5.48. The molecule has 0 radical (unpaired) electrons. The fraction of sp³-hybridized carbons (Fsp3) is 0.200. The largest absolute Gasteiger partial charge is 0.259 e. The minimum absolute atomic E-state index is 0.357. The quantitative estimate of drug-likeness (QED) is 0.422. The summed E-state index contributed by atoms with van der Waals surface area (Å²) in [4.78, 5) is 18.7. The fourth-order valence-electron chi connectivity index (χ4n) is 0.999. The lowest BCUT2D eigenvalue weighted by atomic mass is 10.1. The standard InChI is InChI=1S/C10H11NO4/c1-14-15-8-10-4-2-9(3-5-10)6-7-11(12)13/h2-7H,8H2,1H3/b7-6+. The van der Waals surface area contributed by atoms with Crippen LogP contribution in [0, 0.1) is 10.1 Å². The third kappa shape index (κ3) is 4.35. The van der Waals surface area contributed by atoms with Crippen LogP contribution >= 0.6 is 0 Å². The van der Waals surface area contributed by atoms with E-state index in [-0.39, 0.29) is 0 Å². The molecule has 0 spiro atoms. The molecule has 0 fully saturated rings. The first-order valence-corrected chi connectivity index (χ1v) is 4.28. The van der Waals surface area contributed by atoms with Crippen molar-refractivity contribution in [3.8, 4) is 0 Å². The minimum Gasteiger partial charge on any atom is -0.259 e. The van der Waals surface area contributed by atoms with E-state index in [1.165, 1.54) is 13.2 Å². The summed E-state index contributed by atoms with van der Waals surface area (Å²) < 4.78 is 0. The molecule has 1 aromatic carbocycles. The van der Waals surface area contributed by atoms with Crippen LogP contribution < -0.4 is 0 Å². The van der Waals surface area contributed by atoms with Crippen molar-refractivity contribution in [2.45, 2.75) is 6.61 Å². The minimum atomic E-state index is -0.498. The van der Waals surface area contributed by atoms with Gasteiger partial charge in [-0.1, -0.05) is 24.3 Å². The maximum absolute atomic E-state index is 10.1. The highest BCUT2D eigenvalue weighted by atomic mass is 17.2. The van der Waals surface area contributed by atoms with Gasteiger partial charge < -0.3 is 0 Å². The summed E-state index contributed by atoms with van der Waals surface area (Å²) in [6.45, 7) is 0.357. The Hall–Kier alpha value is -1.72. The van der Waals surface area contributed by atoms with Crippen LogP contribution in [0.5, 0.6) is 0 Å². The Labute approximate surface area is 87.0 Å². The third-order valence-corrected chi connectivity index (χ3v) is 1.71. The van der Waals surface area contributed by atoms with Gasteiger partial charge in [0, 0.05) is 6.08 Å². The smallest absolute Gasteiger partial charge is 0.235 e. The molecule has 15 heavy (non-hydrogen) atoms. The molecule has 0 atom stereocenters. The van der Waals surface area contributed by atoms with E-state index in [2.05, 4.69) is 4.89 Å². The summed E-state index contributed by atoms with van der Waals surface area (Å²) in [6.07, 6.45) is 2.33. The van der Waals surface area contributed by atoms with Crippen LogP contribution in [0.2, 0.25) is 0 Å². The predicted octanol–water partition coefficient (Wildman–Crippen LogP) is 2.01. The first kappa shape index (κ1) is 11.4. The molecule has 0 aromatic heterocycles. The molecule has 5 heteroatoms. The van der Waals surface area contributed by atoms with Crippen LogP contribution in [-0.4, -0.2) is 12.0 Å². The van der Waals surface area contributed by atoms with Crippen molar-refractivity contribution in [3.63, 3.8) is 0 Å². The van der Waals surface area contributed by atoms with Gasteiger partial charge in [-0.3, -0.25) is 10.1 Å². The van der Waals surface area contributed by atoms with E-state index >= 15 is 0 Å². The number of nitrogens with zero attached hydrogens (tertiary/aromatic N) is 1. The van der Waals surface area contributed by atoms with Gasteiger partial charge in [0.05, 0.1) is 12.0 Å². The molecule has 1 rings (SSSR count). The Morgan fingerprint density at radius 1 is 1.40 bits per heavy atom. The molecule has 0 aliphatic rings. The normalized spacial score (nSPS) is 10.7. The zero-order chi connectivity index (χ0) is 11.1. The maximum atomic E-state index is 10.1. The van der Waals surface area contributed by atoms with E-state index in [9.17, 15) is 10.1 Å². The van der Waals surface area contributed by atoms with Gasteiger partial charge in [-0.2, -0.15) is 0 Å². The lowest BCUT2D eigenvalue weighted by Gasteiger charge is -2.00. The molecular weight excluding hydrogens is 198 g/mol. The zero-order valence-corrected chi connectivity index (χ0v) is 8.25. The molecular formula is C10H11NO4. The Balaban J connectivity index is 2.60. The Bertz CT molecular complexity index is 345. The van der Waals surface area contributed by atoms with E-state index < -0.39 is 4.92 Å². The van der Waals surface area contributed by atoms with E-state index in [4.69, 9.17) is 4.89 Å². The number of rotatable bonds is 5. The number of benzene rings is 1. The van der Waals surface area contributed by atoms with Gasteiger partial charge >= 0.3 is 0 Å². The Morgan fingerprint density at radius 2 is 2.07 bits per heavy atom. The predicted molar refractivity (Wildman–Crippen MR) is 54.3 cm³/mol. The maximum Gasteiger partial charge on any atom is 0.235 e. The van der Waals surface area contributed by atoms with Gasteiger partial charge in [-0.05, 0) is 11.1 Å². The Kier molecular flexibility index (Phi) is 4.46. The van der Waals surface area contributed by atoms with Gasteiger partial charge in [0.25, 0.3) is 0 Å². The van der Waals surface area contributed by atoms with Gasteiger partial charge in [-0.25, -0.2) is 9.78 Å². The lowest BCUT2D eigenvalue weighted by Crippen LogP contribution is -1.90. The summed E-state index contributed by atoms with van der Waals surface area (Å²) in [5.41, 5.74) is 1.71. The van der Waals surface area contributed by atoms with E-state index in [1.54, 1.807) is 12.1 Å². The SMILES string of the molecule is COOCc1ccc(/C=C/[N+](=O)[O-])cc1. The van der Waals surface area contributed by atoms with Gasteiger partial charge in [0.15, 0.2) is 0 Å². The molecule has 0 heterocycles. The molecule has 0 bridgehead atoms. The average Bonchev–Trinajstić information content (AvgIpc) is 2.25. The second kappa shape index (κ2) is 5.90. The van der Waals surface area contributed by atoms with Crippen LogP contribution in [0.1, 0.15) is 11.1 Å². The van der Waals surface area contributed by atoms with Crippen molar-refractivity contribution in [2.24, 2.45) is 0 Å². The molecule has 0 saturated heterocycles. The fourth-order valence-corrected chi connectivity index (χ4v) is 0.999. The second-order valence-corrected chi connectivity index (χ2v) is 2.77. The van der Waals surface area contributed by atoms with Crippen molar-refractivity contribution in [3.05, 3.63) is 51.7 Å². The van der Waals surface area contributed by atoms with Gasteiger partial charge in [0.1, 0.15) is 6.61 Å². The van der Waals surface area contributed by atoms with E-state index in [1.807, 2.05) is 12.1 Å². The lowest BCUT2D eigenvalue weighted by molar-refractivity contribution is -0.400.